The lowest BCUT2D eigenvalue weighted by Gasteiger charge is -2.15. The van der Waals surface area contributed by atoms with Crippen LogP contribution in [-0.2, 0) is 9.13 Å². The number of aliphatic hydroxyl groups is 1. The van der Waals surface area contributed by atoms with E-state index in [4.69, 9.17) is 5.11 Å². The van der Waals surface area contributed by atoms with Crippen molar-refractivity contribution >= 4 is 15.4 Å². The van der Waals surface area contributed by atoms with E-state index in [1.807, 2.05) is 6.92 Å². The Morgan fingerprint density at radius 1 is 1.00 bits per heavy atom. The van der Waals surface area contributed by atoms with Crippen LogP contribution in [0.5, 0.6) is 0 Å². The van der Waals surface area contributed by atoms with Crippen LogP contribution in [0, 0.1) is 0 Å². The molecule has 0 bridgehead atoms. The Bertz CT molecular complexity index is 539. The van der Waals surface area contributed by atoms with Crippen LogP contribution in [0.1, 0.15) is 59.8 Å². The van der Waals surface area contributed by atoms with Gasteiger partial charge in [-0.3, -0.25) is 4.57 Å². The first-order valence-corrected chi connectivity index (χ1v) is 11.6. The molecule has 0 heterocycles. The van der Waals surface area contributed by atoms with E-state index in [1.165, 1.54) is 11.1 Å². The molecule has 0 aliphatic heterocycles. The number of rotatable bonds is 11. The predicted molar refractivity (Wildman–Crippen MR) is 102 cm³/mol. The van der Waals surface area contributed by atoms with Gasteiger partial charge < -0.3 is 19.5 Å². The van der Waals surface area contributed by atoms with E-state index in [0.717, 1.165) is 31.3 Å². The molecule has 2 atom stereocenters. The molecule has 24 heavy (non-hydrogen) atoms. The van der Waals surface area contributed by atoms with Crippen LogP contribution in [-0.4, -0.2) is 26.6 Å². The van der Waals surface area contributed by atoms with Crippen LogP contribution >= 0.6 is 15.4 Å². The summed E-state index contributed by atoms with van der Waals surface area (Å²) in [5.41, 5.74) is 3.66. The van der Waals surface area contributed by atoms with E-state index < -0.39 is 27.1 Å². The second-order valence-electron chi connectivity index (χ2n) is 6.42. The highest BCUT2D eigenvalue weighted by Crippen LogP contribution is 2.54. The van der Waals surface area contributed by atoms with Crippen LogP contribution in [0.4, 0.5) is 0 Å². The molecule has 0 amide bonds. The van der Waals surface area contributed by atoms with Crippen molar-refractivity contribution in [1.82, 2.24) is 0 Å². The van der Waals surface area contributed by atoms with E-state index in [0.29, 0.717) is 0 Å². The number of allylic oxidation sites excluding steroid dienone is 6. The summed E-state index contributed by atoms with van der Waals surface area (Å²) < 4.78 is 23.0. The molecule has 7 heteroatoms. The Kier molecular flexibility index (Phi) is 11.8. The third kappa shape index (κ3) is 11.2. The average molecular weight is 378 g/mol. The molecule has 0 aromatic carbocycles. The van der Waals surface area contributed by atoms with Crippen molar-refractivity contribution in [3.8, 4) is 0 Å². The first-order valence-electron chi connectivity index (χ1n) is 8.21. The number of aliphatic hydroxyl groups excluding tert-OH is 1. The van der Waals surface area contributed by atoms with E-state index in [2.05, 4.69) is 32.9 Å². The molecule has 0 aliphatic rings. The Morgan fingerprint density at radius 2 is 1.50 bits per heavy atom. The zero-order valence-electron chi connectivity index (χ0n) is 15.2. The normalized spacial score (nSPS) is 16.0. The Balaban J connectivity index is 4.47. The van der Waals surface area contributed by atoms with Gasteiger partial charge in [-0.25, -0.2) is 0 Å². The van der Waals surface area contributed by atoms with Crippen LogP contribution in [0.2, 0.25) is 0 Å². The minimum Gasteiger partial charge on any atom is -0.389 e. The Morgan fingerprint density at radius 3 is 1.96 bits per heavy atom. The summed E-state index contributed by atoms with van der Waals surface area (Å²) in [5, 5.41) is 7.64. The fraction of sp³-hybridized carbons (Fsp3) is 0.647. The third-order valence-corrected chi connectivity index (χ3v) is 7.93. The quantitative estimate of drug-likeness (QED) is 0.354. The Hall–Kier alpha value is -0.440. The molecule has 0 spiro atoms. The van der Waals surface area contributed by atoms with Gasteiger partial charge in [-0.1, -0.05) is 34.9 Å². The van der Waals surface area contributed by atoms with Crippen molar-refractivity contribution in [1.29, 1.82) is 0 Å². The molecule has 0 saturated heterocycles. The molecule has 3 N–H and O–H groups in total. The van der Waals surface area contributed by atoms with Crippen molar-refractivity contribution in [3.63, 3.8) is 0 Å². The highest BCUT2D eigenvalue weighted by molar-refractivity contribution is 7.67. The molecule has 0 aromatic heterocycles. The highest BCUT2D eigenvalue weighted by Gasteiger charge is 2.32. The lowest BCUT2D eigenvalue weighted by atomic mass is 10.1. The molecule has 0 aromatic rings. The molecule has 0 saturated carbocycles. The summed E-state index contributed by atoms with van der Waals surface area (Å²) in [7, 11) is -7.15. The lowest BCUT2D eigenvalue weighted by molar-refractivity contribution is 0.352. The van der Waals surface area contributed by atoms with Gasteiger partial charge in [0.05, 0.1) is 6.35 Å². The molecule has 2 unspecified atom stereocenters. The van der Waals surface area contributed by atoms with Gasteiger partial charge in [0.2, 0.25) is 0 Å². The summed E-state index contributed by atoms with van der Waals surface area (Å²) in [6.07, 6.45) is 9.26. The van der Waals surface area contributed by atoms with Crippen molar-refractivity contribution < 1.29 is 24.0 Å². The molecule has 0 rings (SSSR count). The van der Waals surface area contributed by atoms with Gasteiger partial charge >= 0.3 is 7.60 Å². The summed E-state index contributed by atoms with van der Waals surface area (Å²) in [6, 6.07) is 0. The molecule has 5 nitrogen and oxygen atoms in total. The predicted octanol–water partition coefficient (Wildman–Crippen LogP) is 4.81. The lowest BCUT2D eigenvalue weighted by Crippen LogP contribution is -2.04. The van der Waals surface area contributed by atoms with Gasteiger partial charge in [0.15, 0.2) is 0 Å². The first kappa shape index (κ1) is 23.6. The molecule has 0 radical (unpaired) electrons. The highest BCUT2D eigenvalue weighted by atomic mass is 31.2. The molecule has 140 valence electrons. The van der Waals surface area contributed by atoms with Crippen molar-refractivity contribution in [2.75, 3.05) is 6.35 Å². The summed E-state index contributed by atoms with van der Waals surface area (Å²) in [4.78, 5) is 18.5. The SMILES string of the molecule is CC(C)=CCCC(C)=CCCC(C)=CCC([PH](=O)CO)P(=O)(O)O. The molecule has 0 fully saturated rings. The Labute approximate surface area is 146 Å². The van der Waals surface area contributed by atoms with Crippen molar-refractivity contribution in [2.45, 2.75) is 65.2 Å². The minimum atomic E-state index is -4.46. The summed E-state index contributed by atoms with van der Waals surface area (Å²) >= 11 is 0. The fourth-order valence-electron chi connectivity index (χ4n) is 2.21. The summed E-state index contributed by atoms with van der Waals surface area (Å²) in [5.74, 6) is 0. The van der Waals surface area contributed by atoms with Gasteiger partial charge in [0.1, 0.15) is 13.2 Å². The van der Waals surface area contributed by atoms with Crippen LogP contribution in [0.25, 0.3) is 0 Å². The largest absolute Gasteiger partial charge is 0.389 e. The maximum Gasteiger partial charge on any atom is 0.336 e. The number of hydrogen-bond acceptors (Lipinski definition) is 3. The van der Waals surface area contributed by atoms with Gasteiger partial charge in [0, 0.05) is 0 Å². The van der Waals surface area contributed by atoms with E-state index in [9.17, 15) is 18.9 Å². The first-order chi connectivity index (χ1) is 11.1. The number of hydrogen-bond donors (Lipinski definition) is 3. The zero-order chi connectivity index (χ0) is 18.8. The molecular formula is C17H32O5P2. The standard InChI is InChI=1S/C17H32O5P2/c1-14(2)7-5-8-15(3)9-6-10-16(4)11-12-17(23(19)13-18)24(20,21)22/h7,9,11,17-18,23H,5-6,8,10,12-13H2,1-4H3,(H2,20,21,22). The average Bonchev–Trinajstić information content (AvgIpc) is 2.45. The van der Waals surface area contributed by atoms with Crippen LogP contribution in [0.3, 0.4) is 0 Å². The maximum atomic E-state index is 11.6. The molecule has 0 aliphatic carbocycles. The topological polar surface area (TPSA) is 94.8 Å². The van der Waals surface area contributed by atoms with Gasteiger partial charge in [-0.15, -0.1) is 0 Å². The fourth-order valence-corrected chi connectivity index (χ4v) is 4.93. The maximum absolute atomic E-state index is 11.6. The zero-order valence-corrected chi connectivity index (χ0v) is 17.1. The van der Waals surface area contributed by atoms with Gasteiger partial charge in [0.25, 0.3) is 0 Å². The minimum absolute atomic E-state index is 0.0394. The third-order valence-electron chi connectivity index (χ3n) is 3.75. The van der Waals surface area contributed by atoms with Gasteiger partial charge in [-0.2, -0.15) is 0 Å². The van der Waals surface area contributed by atoms with E-state index >= 15 is 0 Å². The van der Waals surface area contributed by atoms with Crippen molar-refractivity contribution in [2.24, 2.45) is 0 Å². The van der Waals surface area contributed by atoms with Crippen LogP contribution in [0.15, 0.2) is 34.9 Å². The van der Waals surface area contributed by atoms with Gasteiger partial charge in [-0.05, 0) is 59.8 Å². The van der Waals surface area contributed by atoms with Crippen LogP contribution < -0.4 is 0 Å². The van der Waals surface area contributed by atoms with E-state index in [1.54, 1.807) is 6.08 Å². The summed E-state index contributed by atoms with van der Waals surface area (Å²) in [6.45, 7) is 8.18. The smallest absolute Gasteiger partial charge is 0.336 e. The van der Waals surface area contributed by atoms with Crippen molar-refractivity contribution in [3.05, 3.63) is 34.9 Å². The van der Waals surface area contributed by atoms with E-state index in [-0.39, 0.29) is 6.42 Å². The second kappa shape index (κ2) is 12.0. The molecular weight excluding hydrogens is 346 g/mol. The second-order valence-corrected chi connectivity index (χ2v) is 10.7. The monoisotopic (exact) mass is 378 g/mol.